The van der Waals surface area contributed by atoms with Crippen LogP contribution >= 0.6 is 0 Å². The van der Waals surface area contributed by atoms with Crippen molar-refractivity contribution >= 4 is 11.8 Å². The first-order valence-electron chi connectivity index (χ1n) is 7.84. The Bertz CT molecular complexity index is 575. The summed E-state index contributed by atoms with van der Waals surface area (Å²) in [6, 6.07) is 4.42. The molecule has 134 valence electrons. The highest BCUT2D eigenvalue weighted by molar-refractivity contribution is 5.87. The van der Waals surface area contributed by atoms with Crippen LogP contribution in [-0.2, 0) is 9.59 Å². The standard InChI is InChI=1S/C17H27N3O4/c1-10(2)16(18)17(22)19-9-15(21)20-11(3)13-8-12(23-4)6-7-14(13)24-5/h6-8,10-11,16H,9,18H2,1-5H3,(H,19,22)(H,20,21)/t11?,16-/m0/s1. The van der Waals surface area contributed by atoms with Crippen LogP contribution in [0.1, 0.15) is 32.4 Å². The predicted octanol–water partition coefficient (Wildman–Crippen LogP) is 0.981. The third-order valence-corrected chi connectivity index (χ3v) is 3.73. The van der Waals surface area contributed by atoms with Crippen molar-refractivity contribution in [3.8, 4) is 11.5 Å². The summed E-state index contributed by atoms with van der Waals surface area (Å²) in [7, 11) is 3.13. The number of nitrogens with one attached hydrogen (secondary N) is 2. The molecule has 0 aliphatic heterocycles. The van der Waals surface area contributed by atoms with E-state index in [2.05, 4.69) is 10.6 Å². The number of benzene rings is 1. The normalized spacial score (nSPS) is 13.1. The topological polar surface area (TPSA) is 103 Å². The molecule has 1 unspecified atom stereocenters. The summed E-state index contributed by atoms with van der Waals surface area (Å²) >= 11 is 0. The highest BCUT2D eigenvalue weighted by Crippen LogP contribution is 2.29. The van der Waals surface area contributed by atoms with E-state index in [1.165, 1.54) is 0 Å². The molecule has 0 saturated heterocycles. The van der Waals surface area contributed by atoms with Gasteiger partial charge in [0.15, 0.2) is 0 Å². The summed E-state index contributed by atoms with van der Waals surface area (Å²) in [5.74, 6) is 0.675. The van der Waals surface area contributed by atoms with Crippen LogP contribution in [0.4, 0.5) is 0 Å². The fourth-order valence-corrected chi connectivity index (χ4v) is 2.14. The number of carbonyl (C=O) groups excluding carboxylic acids is 2. The molecule has 1 aromatic carbocycles. The Kier molecular flexibility index (Phi) is 7.51. The molecule has 0 aromatic heterocycles. The molecule has 0 saturated carbocycles. The lowest BCUT2D eigenvalue weighted by atomic mass is 10.1. The lowest BCUT2D eigenvalue weighted by Gasteiger charge is -2.19. The van der Waals surface area contributed by atoms with Gasteiger partial charge in [-0.3, -0.25) is 9.59 Å². The predicted molar refractivity (Wildman–Crippen MR) is 91.9 cm³/mol. The maximum Gasteiger partial charge on any atom is 0.239 e. The minimum atomic E-state index is -0.631. The third-order valence-electron chi connectivity index (χ3n) is 3.73. The Labute approximate surface area is 142 Å². The van der Waals surface area contributed by atoms with Gasteiger partial charge in [0.25, 0.3) is 0 Å². The van der Waals surface area contributed by atoms with Crippen LogP contribution in [0.2, 0.25) is 0 Å². The molecule has 1 rings (SSSR count). The van der Waals surface area contributed by atoms with Crippen molar-refractivity contribution in [1.82, 2.24) is 10.6 Å². The molecule has 1 aromatic rings. The zero-order valence-corrected chi connectivity index (χ0v) is 14.9. The number of methoxy groups -OCH3 is 2. The van der Waals surface area contributed by atoms with Gasteiger partial charge in [-0.1, -0.05) is 13.8 Å². The van der Waals surface area contributed by atoms with E-state index in [1.54, 1.807) is 32.4 Å². The average molecular weight is 337 g/mol. The fourth-order valence-electron chi connectivity index (χ4n) is 2.14. The van der Waals surface area contributed by atoms with Gasteiger partial charge in [0, 0.05) is 5.56 Å². The quantitative estimate of drug-likeness (QED) is 0.656. The maximum atomic E-state index is 12.0. The molecular weight excluding hydrogens is 310 g/mol. The van der Waals surface area contributed by atoms with E-state index in [4.69, 9.17) is 15.2 Å². The number of hydrogen-bond acceptors (Lipinski definition) is 5. The van der Waals surface area contributed by atoms with Gasteiger partial charge in [-0.05, 0) is 31.0 Å². The monoisotopic (exact) mass is 337 g/mol. The number of ether oxygens (including phenoxy) is 2. The number of hydrogen-bond donors (Lipinski definition) is 3. The number of amides is 2. The fraction of sp³-hybridized carbons (Fsp3) is 0.529. The summed E-state index contributed by atoms with van der Waals surface area (Å²) in [6.45, 7) is 5.40. The highest BCUT2D eigenvalue weighted by atomic mass is 16.5. The Morgan fingerprint density at radius 1 is 1.17 bits per heavy atom. The Hall–Kier alpha value is -2.28. The van der Waals surface area contributed by atoms with Gasteiger partial charge in [-0.2, -0.15) is 0 Å². The minimum Gasteiger partial charge on any atom is -0.497 e. The largest absolute Gasteiger partial charge is 0.497 e. The maximum absolute atomic E-state index is 12.0. The van der Waals surface area contributed by atoms with Crippen LogP contribution in [0.15, 0.2) is 18.2 Å². The molecule has 0 radical (unpaired) electrons. The lowest BCUT2D eigenvalue weighted by molar-refractivity contribution is -0.127. The highest BCUT2D eigenvalue weighted by Gasteiger charge is 2.19. The van der Waals surface area contributed by atoms with Crippen LogP contribution in [0.5, 0.6) is 11.5 Å². The molecule has 0 aliphatic rings. The van der Waals surface area contributed by atoms with Crippen molar-refractivity contribution in [3.63, 3.8) is 0 Å². The van der Waals surface area contributed by atoms with Crippen LogP contribution in [0, 0.1) is 5.92 Å². The number of carbonyl (C=O) groups is 2. The van der Waals surface area contributed by atoms with Gasteiger partial charge in [0.1, 0.15) is 11.5 Å². The minimum absolute atomic E-state index is 0.00743. The molecule has 7 nitrogen and oxygen atoms in total. The summed E-state index contributed by atoms with van der Waals surface area (Å²) in [5, 5.41) is 5.36. The molecule has 24 heavy (non-hydrogen) atoms. The zero-order valence-electron chi connectivity index (χ0n) is 14.9. The van der Waals surface area contributed by atoms with Crippen molar-refractivity contribution < 1.29 is 19.1 Å². The Morgan fingerprint density at radius 3 is 2.38 bits per heavy atom. The van der Waals surface area contributed by atoms with E-state index < -0.39 is 6.04 Å². The number of nitrogens with two attached hydrogens (primary N) is 1. The van der Waals surface area contributed by atoms with E-state index in [0.717, 1.165) is 5.56 Å². The van der Waals surface area contributed by atoms with E-state index in [1.807, 2.05) is 20.8 Å². The lowest BCUT2D eigenvalue weighted by Crippen LogP contribution is -2.47. The van der Waals surface area contributed by atoms with Crippen molar-refractivity contribution in [2.75, 3.05) is 20.8 Å². The molecule has 0 aliphatic carbocycles. The van der Waals surface area contributed by atoms with Gasteiger partial charge in [0.2, 0.25) is 11.8 Å². The SMILES string of the molecule is COc1ccc(OC)c(C(C)NC(=O)CNC(=O)[C@@H](N)C(C)C)c1. The van der Waals surface area contributed by atoms with Gasteiger partial charge in [-0.15, -0.1) is 0 Å². The summed E-state index contributed by atoms with van der Waals surface area (Å²) in [6.07, 6.45) is 0. The molecule has 4 N–H and O–H groups in total. The molecule has 7 heteroatoms. The van der Waals surface area contributed by atoms with Crippen LogP contribution < -0.4 is 25.8 Å². The van der Waals surface area contributed by atoms with E-state index in [0.29, 0.717) is 11.5 Å². The van der Waals surface area contributed by atoms with Gasteiger partial charge >= 0.3 is 0 Å². The van der Waals surface area contributed by atoms with Crippen LogP contribution in [0.25, 0.3) is 0 Å². The van der Waals surface area contributed by atoms with Crippen molar-refractivity contribution in [1.29, 1.82) is 0 Å². The summed E-state index contributed by atoms with van der Waals surface area (Å²) < 4.78 is 10.5. The second kappa shape index (κ2) is 9.12. The zero-order chi connectivity index (χ0) is 18.3. The van der Waals surface area contributed by atoms with E-state index >= 15 is 0 Å². The van der Waals surface area contributed by atoms with Crippen molar-refractivity contribution in [2.24, 2.45) is 11.7 Å². The Balaban J connectivity index is 2.66. The first-order chi connectivity index (χ1) is 11.3. The molecular formula is C17H27N3O4. The first kappa shape index (κ1) is 19.8. The molecule has 2 atom stereocenters. The molecule has 0 spiro atoms. The van der Waals surface area contributed by atoms with E-state index in [9.17, 15) is 9.59 Å². The van der Waals surface area contributed by atoms with Gasteiger partial charge < -0.3 is 25.8 Å². The molecule has 0 bridgehead atoms. The van der Waals surface area contributed by atoms with Gasteiger partial charge in [-0.25, -0.2) is 0 Å². The summed E-state index contributed by atoms with van der Waals surface area (Å²) in [5.41, 5.74) is 6.52. The van der Waals surface area contributed by atoms with Crippen molar-refractivity contribution in [2.45, 2.75) is 32.9 Å². The van der Waals surface area contributed by atoms with Gasteiger partial charge in [0.05, 0.1) is 32.8 Å². The summed E-state index contributed by atoms with van der Waals surface area (Å²) in [4.78, 5) is 23.8. The molecule has 2 amide bonds. The molecule has 0 fully saturated rings. The Morgan fingerprint density at radius 2 is 1.83 bits per heavy atom. The van der Waals surface area contributed by atoms with E-state index in [-0.39, 0.29) is 30.3 Å². The smallest absolute Gasteiger partial charge is 0.239 e. The first-order valence-corrected chi connectivity index (χ1v) is 7.84. The average Bonchev–Trinajstić information content (AvgIpc) is 2.57. The second-order valence-electron chi connectivity index (χ2n) is 5.88. The number of rotatable bonds is 8. The van der Waals surface area contributed by atoms with Crippen LogP contribution in [-0.4, -0.2) is 38.6 Å². The second-order valence-corrected chi connectivity index (χ2v) is 5.88. The van der Waals surface area contributed by atoms with Crippen molar-refractivity contribution in [3.05, 3.63) is 23.8 Å². The van der Waals surface area contributed by atoms with Crippen LogP contribution in [0.3, 0.4) is 0 Å². The molecule has 0 heterocycles. The third kappa shape index (κ3) is 5.42.